The lowest BCUT2D eigenvalue weighted by molar-refractivity contribution is 0.211. The first-order valence-electron chi connectivity index (χ1n) is 8.07. The van der Waals surface area contributed by atoms with Crippen molar-refractivity contribution in [2.45, 2.75) is 32.0 Å². The Morgan fingerprint density at radius 1 is 0.955 bits per heavy atom. The molecule has 0 atom stereocenters. The third kappa shape index (κ3) is 3.87. The highest BCUT2D eigenvalue weighted by molar-refractivity contribution is 5.51. The van der Waals surface area contributed by atoms with Gasteiger partial charge in [0.25, 0.3) is 0 Å². The Morgan fingerprint density at radius 3 is 2.36 bits per heavy atom. The molecule has 0 aliphatic carbocycles. The molecule has 2 aromatic rings. The predicted octanol–water partition coefficient (Wildman–Crippen LogP) is 3.26. The van der Waals surface area contributed by atoms with Gasteiger partial charge in [-0.15, -0.1) is 0 Å². The molecule has 2 aromatic carbocycles. The van der Waals surface area contributed by atoms with Gasteiger partial charge in [-0.1, -0.05) is 48.5 Å². The van der Waals surface area contributed by atoms with E-state index < -0.39 is 0 Å². The lowest BCUT2D eigenvalue weighted by atomic mass is 10.0. The molecule has 1 heterocycles. The Kier molecular flexibility index (Phi) is 5.09. The highest BCUT2D eigenvalue weighted by Crippen LogP contribution is 2.21. The van der Waals surface area contributed by atoms with Crippen LogP contribution >= 0.6 is 0 Å². The number of likely N-dealkylation sites (tertiary alicyclic amines) is 1. The molecule has 3 heteroatoms. The van der Waals surface area contributed by atoms with Crippen LogP contribution in [0, 0.1) is 0 Å². The van der Waals surface area contributed by atoms with Crippen LogP contribution in [0.15, 0.2) is 54.6 Å². The van der Waals surface area contributed by atoms with Gasteiger partial charge in [0.05, 0.1) is 6.61 Å². The van der Waals surface area contributed by atoms with E-state index in [1.54, 1.807) is 0 Å². The summed E-state index contributed by atoms with van der Waals surface area (Å²) in [5.74, 6) is 0. The zero-order valence-electron chi connectivity index (χ0n) is 12.9. The first-order chi connectivity index (χ1) is 10.8. The van der Waals surface area contributed by atoms with Gasteiger partial charge in [0, 0.05) is 36.9 Å². The van der Waals surface area contributed by atoms with Gasteiger partial charge < -0.3 is 10.4 Å². The highest BCUT2D eigenvalue weighted by Gasteiger charge is 2.19. The van der Waals surface area contributed by atoms with Crippen molar-refractivity contribution in [3.05, 3.63) is 65.7 Å². The molecule has 1 aliphatic heterocycles. The maximum atomic E-state index is 9.41. The summed E-state index contributed by atoms with van der Waals surface area (Å²) in [6.45, 7) is 3.37. The van der Waals surface area contributed by atoms with E-state index >= 15 is 0 Å². The molecule has 1 aliphatic rings. The van der Waals surface area contributed by atoms with Gasteiger partial charge in [-0.2, -0.15) is 0 Å². The molecular weight excluding hydrogens is 272 g/mol. The summed E-state index contributed by atoms with van der Waals surface area (Å²) in [5, 5.41) is 13.0. The predicted molar refractivity (Wildman–Crippen MR) is 90.7 cm³/mol. The minimum absolute atomic E-state index is 0.0933. The second-order valence-corrected chi connectivity index (χ2v) is 6.00. The van der Waals surface area contributed by atoms with Gasteiger partial charge in [-0.3, -0.25) is 4.90 Å². The topological polar surface area (TPSA) is 35.5 Å². The lowest BCUT2D eigenvalue weighted by Gasteiger charge is -2.33. The number of piperidine rings is 1. The third-order valence-corrected chi connectivity index (χ3v) is 4.38. The van der Waals surface area contributed by atoms with Crippen molar-refractivity contribution in [3.63, 3.8) is 0 Å². The molecule has 0 amide bonds. The number of hydrogen-bond acceptors (Lipinski definition) is 3. The summed E-state index contributed by atoms with van der Waals surface area (Å²) in [6, 6.07) is 19.2. The van der Waals surface area contributed by atoms with Crippen LogP contribution in [0.1, 0.15) is 24.0 Å². The van der Waals surface area contributed by atoms with E-state index in [-0.39, 0.29) is 6.61 Å². The first-order valence-corrected chi connectivity index (χ1v) is 8.07. The fourth-order valence-corrected chi connectivity index (χ4v) is 3.10. The Morgan fingerprint density at radius 2 is 1.64 bits per heavy atom. The number of anilines is 1. The molecule has 3 nitrogen and oxygen atoms in total. The molecule has 3 rings (SSSR count). The highest BCUT2D eigenvalue weighted by atomic mass is 16.3. The van der Waals surface area contributed by atoms with Crippen LogP contribution in [0.3, 0.4) is 0 Å². The van der Waals surface area contributed by atoms with Crippen LogP contribution < -0.4 is 5.32 Å². The lowest BCUT2D eigenvalue weighted by Crippen LogP contribution is -2.38. The van der Waals surface area contributed by atoms with E-state index in [2.05, 4.69) is 46.6 Å². The molecule has 0 aromatic heterocycles. The molecule has 1 fully saturated rings. The summed E-state index contributed by atoms with van der Waals surface area (Å²) >= 11 is 0. The van der Waals surface area contributed by atoms with E-state index in [1.165, 1.54) is 5.56 Å². The molecule has 0 unspecified atom stereocenters. The van der Waals surface area contributed by atoms with Crippen molar-refractivity contribution < 1.29 is 5.11 Å². The number of aliphatic hydroxyl groups is 1. The number of para-hydroxylation sites is 1. The summed E-state index contributed by atoms with van der Waals surface area (Å²) in [4.78, 5) is 2.52. The molecule has 2 N–H and O–H groups in total. The zero-order chi connectivity index (χ0) is 15.2. The second kappa shape index (κ2) is 7.43. The molecule has 0 radical (unpaired) electrons. The SMILES string of the molecule is OCc1ccccc1NC1CCN(Cc2ccccc2)CC1. The maximum Gasteiger partial charge on any atom is 0.0701 e. The van der Waals surface area contributed by atoms with Gasteiger partial charge in [0.2, 0.25) is 0 Å². The number of nitrogens with zero attached hydrogens (tertiary/aromatic N) is 1. The zero-order valence-corrected chi connectivity index (χ0v) is 12.9. The Bertz CT molecular complexity index is 577. The Balaban J connectivity index is 1.51. The number of nitrogens with one attached hydrogen (secondary N) is 1. The number of rotatable bonds is 5. The Labute approximate surface area is 132 Å². The van der Waals surface area contributed by atoms with Crippen molar-refractivity contribution in [2.75, 3.05) is 18.4 Å². The second-order valence-electron chi connectivity index (χ2n) is 6.00. The summed E-state index contributed by atoms with van der Waals surface area (Å²) in [5.41, 5.74) is 3.44. The van der Waals surface area contributed by atoms with Crippen LogP contribution in [0.5, 0.6) is 0 Å². The summed E-state index contributed by atoms with van der Waals surface area (Å²) in [7, 11) is 0. The van der Waals surface area contributed by atoms with Gasteiger partial charge >= 0.3 is 0 Å². The molecule has 116 valence electrons. The van der Waals surface area contributed by atoms with Crippen molar-refractivity contribution in [1.82, 2.24) is 4.90 Å². The maximum absolute atomic E-state index is 9.41. The minimum Gasteiger partial charge on any atom is -0.392 e. The van der Waals surface area contributed by atoms with Gasteiger partial charge in [-0.25, -0.2) is 0 Å². The fourth-order valence-electron chi connectivity index (χ4n) is 3.10. The quantitative estimate of drug-likeness (QED) is 0.889. The summed E-state index contributed by atoms with van der Waals surface area (Å²) in [6.07, 6.45) is 2.29. The largest absolute Gasteiger partial charge is 0.392 e. The van der Waals surface area contributed by atoms with E-state index in [4.69, 9.17) is 0 Å². The van der Waals surface area contributed by atoms with Crippen LogP contribution in [0.2, 0.25) is 0 Å². The van der Waals surface area contributed by atoms with Crippen LogP contribution in [0.4, 0.5) is 5.69 Å². The van der Waals surface area contributed by atoms with Gasteiger partial charge in [0.1, 0.15) is 0 Å². The average Bonchev–Trinajstić information content (AvgIpc) is 2.58. The van der Waals surface area contributed by atoms with E-state index in [0.29, 0.717) is 6.04 Å². The van der Waals surface area contributed by atoms with E-state index in [1.807, 2.05) is 18.2 Å². The van der Waals surface area contributed by atoms with Gasteiger partial charge in [-0.05, 0) is 24.5 Å². The fraction of sp³-hybridized carbons (Fsp3) is 0.368. The van der Waals surface area contributed by atoms with Crippen LogP contribution in [-0.2, 0) is 13.2 Å². The monoisotopic (exact) mass is 296 g/mol. The number of hydrogen-bond donors (Lipinski definition) is 2. The van der Waals surface area contributed by atoms with Crippen LogP contribution in [0.25, 0.3) is 0 Å². The van der Waals surface area contributed by atoms with Crippen LogP contribution in [-0.4, -0.2) is 29.1 Å². The van der Waals surface area contributed by atoms with Crippen molar-refractivity contribution in [3.8, 4) is 0 Å². The minimum atomic E-state index is 0.0933. The Hall–Kier alpha value is -1.84. The molecule has 1 saturated heterocycles. The molecule has 0 saturated carbocycles. The standard InChI is InChI=1S/C19H24N2O/c22-15-17-8-4-5-9-19(17)20-18-10-12-21(13-11-18)14-16-6-2-1-3-7-16/h1-9,18,20,22H,10-15H2. The first kappa shape index (κ1) is 15.1. The van der Waals surface area contributed by atoms with Gasteiger partial charge in [0.15, 0.2) is 0 Å². The van der Waals surface area contributed by atoms with Crippen molar-refractivity contribution in [2.24, 2.45) is 0 Å². The third-order valence-electron chi connectivity index (χ3n) is 4.38. The van der Waals surface area contributed by atoms with E-state index in [9.17, 15) is 5.11 Å². The number of benzene rings is 2. The molecular formula is C19H24N2O. The molecule has 0 bridgehead atoms. The van der Waals surface area contributed by atoms with Crippen molar-refractivity contribution >= 4 is 5.69 Å². The molecule has 22 heavy (non-hydrogen) atoms. The average molecular weight is 296 g/mol. The summed E-state index contributed by atoms with van der Waals surface area (Å²) < 4.78 is 0. The molecule has 0 spiro atoms. The number of aliphatic hydroxyl groups excluding tert-OH is 1. The van der Waals surface area contributed by atoms with Crippen molar-refractivity contribution in [1.29, 1.82) is 0 Å². The normalized spacial score (nSPS) is 16.6. The smallest absolute Gasteiger partial charge is 0.0701 e. The van der Waals surface area contributed by atoms with E-state index in [0.717, 1.165) is 43.7 Å².